The Morgan fingerprint density at radius 3 is 2.80 bits per heavy atom. The minimum absolute atomic E-state index is 0.111. The van der Waals surface area contributed by atoms with E-state index < -0.39 is 0 Å². The molecule has 134 valence electrons. The zero-order valence-corrected chi connectivity index (χ0v) is 15.2. The molecular weight excluding hydrogens is 312 g/mol. The lowest BCUT2D eigenvalue weighted by Gasteiger charge is -2.31. The molecule has 1 aromatic carbocycles. The molecule has 5 nitrogen and oxygen atoms in total. The van der Waals surface area contributed by atoms with Crippen molar-refractivity contribution in [1.29, 1.82) is 0 Å². The summed E-state index contributed by atoms with van der Waals surface area (Å²) < 4.78 is 0. The summed E-state index contributed by atoms with van der Waals surface area (Å²) in [5.74, 6) is 0.686. The van der Waals surface area contributed by atoms with Gasteiger partial charge < -0.3 is 10.2 Å². The van der Waals surface area contributed by atoms with Crippen LogP contribution in [0.25, 0.3) is 0 Å². The largest absolute Gasteiger partial charge is 0.326 e. The molecule has 0 aliphatic carbocycles. The normalized spacial score (nSPS) is 16.1. The molecule has 1 amide bonds. The summed E-state index contributed by atoms with van der Waals surface area (Å²) in [5.41, 5.74) is 4.57. The summed E-state index contributed by atoms with van der Waals surface area (Å²) in [7, 11) is 0. The van der Waals surface area contributed by atoms with Crippen LogP contribution in [0.5, 0.6) is 0 Å². The van der Waals surface area contributed by atoms with Gasteiger partial charge in [0.25, 0.3) is 0 Å². The molecule has 5 heteroatoms. The van der Waals surface area contributed by atoms with Crippen molar-refractivity contribution in [2.24, 2.45) is 0 Å². The van der Waals surface area contributed by atoms with Gasteiger partial charge in [0.15, 0.2) is 0 Å². The van der Waals surface area contributed by atoms with Gasteiger partial charge in [0.1, 0.15) is 0 Å². The number of nitrogens with zero attached hydrogens (tertiary/aromatic N) is 2. The van der Waals surface area contributed by atoms with E-state index in [0.29, 0.717) is 12.3 Å². The summed E-state index contributed by atoms with van der Waals surface area (Å²) in [4.78, 5) is 14.8. The molecule has 2 aromatic rings. The third kappa shape index (κ3) is 4.48. The Bertz CT molecular complexity index is 688. The quantitative estimate of drug-likeness (QED) is 0.846. The van der Waals surface area contributed by atoms with Crippen LogP contribution in [-0.4, -0.2) is 40.6 Å². The topological polar surface area (TPSA) is 61.0 Å². The highest BCUT2D eigenvalue weighted by atomic mass is 16.1. The third-order valence-electron chi connectivity index (χ3n) is 5.21. The third-order valence-corrected chi connectivity index (χ3v) is 5.21. The smallest absolute Gasteiger partial charge is 0.225 e. The van der Waals surface area contributed by atoms with Crippen LogP contribution in [0.2, 0.25) is 0 Å². The highest BCUT2D eigenvalue weighted by Gasteiger charge is 2.21. The number of rotatable bonds is 6. The summed E-state index contributed by atoms with van der Waals surface area (Å²) >= 11 is 0. The van der Waals surface area contributed by atoms with Crippen molar-refractivity contribution in [2.45, 2.75) is 45.4 Å². The van der Waals surface area contributed by atoms with Crippen LogP contribution in [-0.2, 0) is 11.2 Å². The number of piperidine rings is 1. The summed E-state index contributed by atoms with van der Waals surface area (Å²) in [6.45, 7) is 7.08. The zero-order chi connectivity index (χ0) is 17.6. The van der Waals surface area contributed by atoms with Gasteiger partial charge in [0, 0.05) is 36.5 Å². The molecule has 1 fully saturated rings. The molecule has 0 saturated carbocycles. The van der Waals surface area contributed by atoms with Gasteiger partial charge in [0.2, 0.25) is 5.91 Å². The van der Waals surface area contributed by atoms with Gasteiger partial charge in [-0.2, -0.15) is 5.10 Å². The summed E-state index contributed by atoms with van der Waals surface area (Å²) in [6, 6.07) is 8.26. The van der Waals surface area contributed by atoms with Gasteiger partial charge in [-0.3, -0.25) is 9.89 Å². The van der Waals surface area contributed by atoms with Gasteiger partial charge in [0.05, 0.1) is 0 Å². The number of para-hydroxylation sites is 1. The Morgan fingerprint density at radius 1 is 1.32 bits per heavy atom. The molecule has 3 rings (SSSR count). The Kier molecular flexibility index (Phi) is 5.87. The molecule has 2 heterocycles. The number of aryl methyl sites for hydroxylation is 2. The molecule has 0 unspecified atom stereocenters. The number of H-pyrrole nitrogens is 1. The van der Waals surface area contributed by atoms with Crippen LogP contribution >= 0.6 is 0 Å². The number of amides is 1. The van der Waals surface area contributed by atoms with E-state index in [1.807, 2.05) is 12.3 Å². The van der Waals surface area contributed by atoms with Gasteiger partial charge in [-0.25, -0.2) is 0 Å². The second kappa shape index (κ2) is 8.30. The van der Waals surface area contributed by atoms with E-state index in [4.69, 9.17) is 0 Å². The van der Waals surface area contributed by atoms with Crippen molar-refractivity contribution in [3.05, 3.63) is 47.3 Å². The number of nitrogens with one attached hydrogen (secondary N) is 2. The molecule has 2 N–H and O–H groups in total. The highest BCUT2D eigenvalue weighted by molar-refractivity contribution is 5.92. The number of benzene rings is 1. The lowest BCUT2D eigenvalue weighted by molar-refractivity contribution is -0.116. The van der Waals surface area contributed by atoms with Crippen molar-refractivity contribution in [2.75, 3.05) is 25.0 Å². The van der Waals surface area contributed by atoms with E-state index in [2.05, 4.69) is 52.5 Å². The van der Waals surface area contributed by atoms with E-state index in [9.17, 15) is 4.79 Å². The van der Waals surface area contributed by atoms with Crippen LogP contribution in [0, 0.1) is 6.92 Å². The molecule has 1 aliphatic rings. The van der Waals surface area contributed by atoms with Crippen molar-refractivity contribution >= 4 is 11.6 Å². The fourth-order valence-corrected chi connectivity index (χ4v) is 3.63. The second-order valence-electron chi connectivity index (χ2n) is 6.89. The summed E-state index contributed by atoms with van der Waals surface area (Å²) in [6.07, 6.45) is 5.55. The average Bonchev–Trinajstić information content (AvgIpc) is 3.17. The van der Waals surface area contributed by atoms with E-state index in [1.165, 1.54) is 11.3 Å². The van der Waals surface area contributed by atoms with Gasteiger partial charge in [-0.15, -0.1) is 0 Å². The molecule has 0 bridgehead atoms. The fraction of sp³-hybridized carbons (Fsp3) is 0.500. The van der Waals surface area contributed by atoms with Crippen LogP contribution in [0.4, 0.5) is 5.69 Å². The minimum atomic E-state index is 0.111. The average molecular weight is 340 g/mol. The van der Waals surface area contributed by atoms with Crippen molar-refractivity contribution in [3.8, 4) is 0 Å². The zero-order valence-electron chi connectivity index (χ0n) is 15.2. The van der Waals surface area contributed by atoms with Gasteiger partial charge in [-0.05, 0) is 56.5 Å². The Morgan fingerprint density at radius 2 is 2.12 bits per heavy atom. The van der Waals surface area contributed by atoms with Crippen molar-refractivity contribution in [3.63, 3.8) is 0 Å². The fourth-order valence-electron chi connectivity index (χ4n) is 3.63. The van der Waals surface area contributed by atoms with E-state index in [-0.39, 0.29) is 5.91 Å². The molecule has 25 heavy (non-hydrogen) atoms. The van der Waals surface area contributed by atoms with Crippen molar-refractivity contribution < 1.29 is 4.79 Å². The first kappa shape index (κ1) is 17.7. The lowest BCUT2D eigenvalue weighted by Crippen LogP contribution is -2.35. The first-order chi connectivity index (χ1) is 12.2. The number of carbonyl (C=O) groups is 1. The van der Waals surface area contributed by atoms with Gasteiger partial charge >= 0.3 is 0 Å². The maximum Gasteiger partial charge on any atom is 0.225 e. The van der Waals surface area contributed by atoms with E-state index in [1.54, 1.807) is 0 Å². The monoisotopic (exact) mass is 340 g/mol. The van der Waals surface area contributed by atoms with Crippen LogP contribution < -0.4 is 5.32 Å². The Hall–Kier alpha value is -2.14. The number of anilines is 1. The van der Waals surface area contributed by atoms with Crippen LogP contribution in [0.3, 0.4) is 0 Å². The SMILES string of the molecule is CCc1cccc(C)c1NC(=O)CCN1CCC(c2ccn[nH]2)CC1. The van der Waals surface area contributed by atoms with Crippen LogP contribution in [0.1, 0.15) is 48.9 Å². The molecule has 0 radical (unpaired) electrons. The predicted octanol–water partition coefficient (Wildman–Crippen LogP) is 3.49. The first-order valence-electron chi connectivity index (χ1n) is 9.27. The Labute approximate surface area is 149 Å². The number of carbonyl (C=O) groups excluding carboxylic acids is 1. The van der Waals surface area contributed by atoms with Crippen LogP contribution in [0.15, 0.2) is 30.5 Å². The Balaban J connectivity index is 1.46. The van der Waals surface area contributed by atoms with E-state index >= 15 is 0 Å². The predicted molar refractivity (Wildman–Crippen MR) is 101 cm³/mol. The number of likely N-dealkylation sites (tertiary alicyclic amines) is 1. The molecule has 1 aliphatic heterocycles. The number of hydrogen-bond donors (Lipinski definition) is 2. The molecule has 0 spiro atoms. The lowest BCUT2D eigenvalue weighted by atomic mass is 9.93. The molecule has 0 atom stereocenters. The van der Waals surface area contributed by atoms with Gasteiger partial charge in [-0.1, -0.05) is 25.1 Å². The standard InChI is InChI=1S/C20H28N4O/c1-3-16-6-4-5-15(2)20(16)22-19(25)10-14-24-12-8-17(9-13-24)18-7-11-21-23-18/h4-7,11,17H,3,8-10,12-14H2,1-2H3,(H,21,23)(H,22,25). The highest BCUT2D eigenvalue weighted by Crippen LogP contribution is 2.26. The second-order valence-corrected chi connectivity index (χ2v) is 6.89. The number of aromatic amines is 1. The number of aromatic nitrogens is 2. The molecular formula is C20H28N4O. The van der Waals surface area contributed by atoms with Crippen molar-refractivity contribution in [1.82, 2.24) is 15.1 Å². The maximum absolute atomic E-state index is 12.4. The minimum Gasteiger partial charge on any atom is -0.326 e. The van der Waals surface area contributed by atoms with E-state index in [0.717, 1.165) is 50.1 Å². The summed E-state index contributed by atoms with van der Waals surface area (Å²) in [5, 5.41) is 10.2. The number of hydrogen-bond acceptors (Lipinski definition) is 3. The molecule has 1 aromatic heterocycles. The first-order valence-corrected chi connectivity index (χ1v) is 9.27. The maximum atomic E-state index is 12.4. The molecule has 1 saturated heterocycles.